The molecule has 0 unspecified atom stereocenters. The van der Waals surface area contributed by atoms with E-state index in [0.29, 0.717) is 21.9 Å². The number of benzene rings is 3. The number of halogens is 1. The molecule has 3 rings (SSSR count). The fourth-order valence-corrected chi connectivity index (χ4v) is 2.58. The third kappa shape index (κ3) is 6.38. The molecule has 0 aromatic heterocycles. The molecule has 0 spiro atoms. The van der Waals surface area contributed by atoms with Gasteiger partial charge in [-0.25, -0.2) is 10.2 Å². The average Bonchev–Trinajstić information content (AvgIpc) is 2.79. The van der Waals surface area contributed by atoms with Gasteiger partial charge in [-0.2, -0.15) is 5.10 Å². The lowest BCUT2D eigenvalue weighted by molar-refractivity contribution is -0.385. The predicted molar refractivity (Wildman–Crippen MR) is 117 cm³/mol. The van der Waals surface area contributed by atoms with Gasteiger partial charge in [-0.3, -0.25) is 14.9 Å². The third-order valence-corrected chi connectivity index (χ3v) is 4.25. The third-order valence-electron chi connectivity index (χ3n) is 3.99. The van der Waals surface area contributed by atoms with Gasteiger partial charge in [0.15, 0.2) is 12.4 Å². The summed E-state index contributed by atoms with van der Waals surface area (Å²) in [7, 11) is 0. The molecule has 0 aliphatic heterocycles. The van der Waals surface area contributed by atoms with E-state index in [9.17, 15) is 19.7 Å². The molecule has 0 atom stereocenters. The number of hydrogen-bond acceptors (Lipinski definition) is 7. The number of nitrogens with one attached hydrogen (secondary N) is 1. The molecule has 0 bridgehead atoms. The minimum Gasteiger partial charge on any atom is -0.477 e. The standard InChI is InChI=1S/C22H16ClN3O6/c23-17-9-7-16(8-10-17)22(28)32-18-11-5-15(6-12-18)13-24-25-21(27)14-31-20-4-2-1-3-19(20)26(29)30/h1-13H,14H2,(H,25,27)/b24-13-. The SMILES string of the molecule is O=C(COc1ccccc1[N+](=O)[O-])N/N=C\c1ccc(OC(=O)c2ccc(Cl)cc2)cc1. The Morgan fingerprint density at radius 3 is 2.41 bits per heavy atom. The molecule has 32 heavy (non-hydrogen) atoms. The molecule has 1 amide bonds. The Morgan fingerprint density at radius 1 is 1.03 bits per heavy atom. The van der Waals surface area contributed by atoms with Gasteiger partial charge in [-0.15, -0.1) is 0 Å². The maximum Gasteiger partial charge on any atom is 0.343 e. The lowest BCUT2D eigenvalue weighted by atomic mass is 10.2. The largest absolute Gasteiger partial charge is 0.477 e. The Bertz CT molecular complexity index is 1150. The second-order valence-electron chi connectivity index (χ2n) is 6.27. The van der Waals surface area contributed by atoms with Crippen molar-refractivity contribution in [2.45, 2.75) is 0 Å². The van der Waals surface area contributed by atoms with Gasteiger partial charge in [0.25, 0.3) is 5.91 Å². The van der Waals surface area contributed by atoms with Crippen molar-refractivity contribution in [2.24, 2.45) is 5.10 Å². The number of nitro benzene ring substituents is 1. The summed E-state index contributed by atoms with van der Waals surface area (Å²) >= 11 is 5.80. The van der Waals surface area contributed by atoms with Crippen LogP contribution in [0.4, 0.5) is 5.69 Å². The van der Waals surface area contributed by atoms with Crippen molar-refractivity contribution < 1.29 is 24.0 Å². The number of ether oxygens (including phenoxy) is 2. The first-order chi connectivity index (χ1) is 15.4. The number of hydrazone groups is 1. The second-order valence-corrected chi connectivity index (χ2v) is 6.71. The molecule has 0 aliphatic rings. The summed E-state index contributed by atoms with van der Waals surface area (Å²) in [6, 6.07) is 18.5. The number of carbonyl (C=O) groups is 2. The topological polar surface area (TPSA) is 120 Å². The summed E-state index contributed by atoms with van der Waals surface area (Å²) in [5.74, 6) is -0.786. The summed E-state index contributed by atoms with van der Waals surface area (Å²) < 4.78 is 10.5. The van der Waals surface area contributed by atoms with Crippen LogP contribution in [0.15, 0.2) is 77.9 Å². The average molecular weight is 454 g/mol. The van der Waals surface area contributed by atoms with Crippen LogP contribution in [-0.2, 0) is 4.79 Å². The van der Waals surface area contributed by atoms with Crippen LogP contribution in [0.5, 0.6) is 11.5 Å². The van der Waals surface area contributed by atoms with Crippen molar-refractivity contribution in [2.75, 3.05) is 6.61 Å². The van der Waals surface area contributed by atoms with Crippen LogP contribution in [0.25, 0.3) is 0 Å². The van der Waals surface area contributed by atoms with E-state index in [1.807, 2.05) is 0 Å². The molecule has 0 fully saturated rings. The van der Waals surface area contributed by atoms with Crippen LogP contribution >= 0.6 is 11.6 Å². The molecule has 10 heteroatoms. The van der Waals surface area contributed by atoms with E-state index in [2.05, 4.69) is 10.5 Å². The molecule has 0 heterocycles. The normalized spacial score (nSPS) is 10.5. The van der Waals surface area contributed by atoms with Crippen LogP contribution in [-0.4, -0.2) is 29.6 Å². The zero-order valence-corrected chi connectivity index (χ0v) is 17.2. The number of hydrogen-bond donors (Lipinski definition) is 1. The molecular weight excluding hydrogens is 438 g/mol. The minimum atomic E-state index is -0.595. The van der Waals surface area contributed by atoms with Crippen molar-refractivity contribution in [3.63, 3.8) is 0 Å². The van der Waals surface area contributed by atoms with Crippen molar-refractivity contribution in [3.05, 3.63) is 99.1 Å². The zero-order chi connectivity index (χ0) is 22.9. The molecule has 0 aliphatic carbocycles. The Morgan fingerprint density at radius 2 is 1.72 bits per heavy atom. The smallest absolute Gasteiger partial charge is 0.343 e. The first kappa shape index (κ1) is 22.4. The summed E-state index contributed by atoms with van der Waals surface area (Å²) in [6.45, 7) is -0.443. The second kappa shape index (κ2) is 10.7. The molecule has 0 saturated heterocycles. The summed E-state index contributed by atoms with van der Waals surface area (Å²) in [4.78, 5) is 34.3. The van der Waals surface area contributed by atoms with Gasteiger partial charge in [0.1, 0.15) is 5.75 Å². The van der Waals surface area contributed by atoms with Crippen LogP contribution in [0, 0.1) is 10.1 Å². The molecular formula is C22H16ClN3O6. The van der Waals surface area contributed by atoms with E-state index < -0.39 is 23.4 Å². The van der Waals surface area contributed by atoms with Crippen LogP contribution < -0.4 is 14.9 Å². The first-order valence-corrected chi connectivity index (χ1v) is 9.56. The van der Waals surface area contributed by atoms with Gasteiger partial charge < -0.3 is 9.47 Å². The van der Waals surface area contributed by atoms with Gasteiger partial charge in [0, 0.05) is 11.1 Å². The molecule has 1 N–H and O–H groups in total. The Hall–Kier alpha value is -4.24. The van der Waals surface area contributed by atoms with Crippen molar-refractivity contribution in [1.82, 2.24) is 5.43 Å². The highest BCUT2D eigenvalue weighted by Crippen LogP contribution is 2.25. The van der Waals surface area contributed by atoms with E-state index in [1.54, 1.807) is 54.6 Å². The van der Waals surface area contributed by atoms with E-state index >= 15 is 0 Å². The van der Waals surface area contributed by atoms with E-state index in [1.165, 1.54) is 24.4 Å². The Balaban J connectivity index is 1.48. The van der Waals surface area contributed by atoms with Crippen LogP contribution in [0.3, 0.4) is 0 Å². The predicted octanol–water partition coefficient (Wildman–Crippen LogP) is 4.00. The van der Waals surface area contributed by atoms with Crippen molar-refractivity contribution in [3.8, 4) is 11.5 Å². The molecule has 0 radical (unpaired) electrons. The maximum absolute atomic E-state index is 12.1. The van der Waals surface area contributed by atoms with Crippen LogP contribution in [0.1, 0.15) is 15.9 Å². The number of esters is 1. The van der Waals surface area contributed by atoms with E-state index in [-0.39, 0.29) is 11.4 Å². The number of para-hydroxylation sites is 2. The van der Waals surface area contributed by atoms with Gasteiger partial charge in [-0.1, -0.05) is 23.7 Å². The van der Waals surface area contributed by atoms with E-state index in [0.717, 1.165) is 0 Å². The molecule has 0 saturated carbocycles. The quantitative estimate of drug-likeness (QED) is 0.181. The lowest BCUT2D eigenvalue weighted by Crippen LogP contribution is -2.24. The number of nitro groups is 1. The van der Waals surface area contributed by atoms with Gasteiger partial charge in [-0.05, 0) is 60.2 Å². The maximum atomic E-state index is 12.1. The van der Waals surface area contributed by atoms with Crippen molar-refractivity contribution in [1.29, 1.82) is 0 Å². The van der Waals surface area contributed by atoms with Gasteiger partial charge in [0.2, 0.25) is 0 Å². The summed E-state index contributed by atoms with van der Waals surface area (Å²) in [5.41, 5.74) is 3.03. The zero-order valence-electron chi connectivity index (χ0n) is 16.4. The highest BCUT2D eigenvalue weighted by molar-refractivity contribution is 6.30. The number of rotatable bonds is 8. The van der Waals surface area contributed by atoms with Crippen LogP contribution in [0.2, 0.25) is 5.02 Å². The van der Waals surface area contributed by atoms with Crippen molar-refractivity contribution >= 4 is 35.4 Å². The Labute approximate surface area is 187 Å². The fourth-order valence-electron chi connectivity index (χ4n) is 2.46. The summed E-state index contributed by atoms with van der Waals surface area (Å²) in [6.07, 6.45) is 1.38. The Kier molecular flexibility index (Phi) is 7.50. The molecule has 3 aromatic rings. The minimum absolute atomic E-state index is 0.0136. The summed E-state index contributed by atoms with van der Waals surface area (Å²) in [5, 5.41) is 15.2. The molecule has 162 valence electrons. The lowest BCUT2D eigenvalue weighted by Gasteiger charge is -2.05. The van der Waals surface area contributed by atoms with E-state index in [4.69, 9.17) is 21.1 Å². The number of carbonyl (C=O) groups excluding carboxylic acids is 2. The number of amides is 1. The molecule has 9 nitrogen and oxygen atoms in total. The number of nitrogens with zero attached hydrogens (tertiary/aromatic N) is 2. The molecule has 3 aromatic carbocycles. The highest BCUT2D eigenvalue weighted by atomic mass is 35.5. The first-order valence-electron chi connectivity index (χ1n) is 9.18. The van der Waals surface area contributed by atoms with Gasteiger partial charge >= 0.3 is 11.7 Å². The van der Waals surface area contributed by atoms with Gasteiger partial charge in [0.05, 0.1) is 16.7 Å². The fraction of sp³-hybridized carbons (Fsp3) is 0.0455. The monoisotopic (exact) mass is 453 g/mol. The highest BCUT2D eigenvalue weighted by Gasteiger charge is 2.14.